The van der Waals surface area contributed by atoms with Crippen LogP contribution in [0.1, 0.15) is 5.56 Å². The van der Waals surface area contributed by atoms with Crippen LogP contribution in [0.15, 0.2) is 73.2 Å². The molecule has 9 heteroatoms. The molecule has 144 valence electrons. The molecule has 0 aromatic carbocycles. The van der Waals surface area contributed by atoms with Gasteiger partial charge in [0.1, 0.15) is 17.3 Å². The standard InChI is InChI=1S/C20H13F3N6/c21-20(22,23)13-7-8-17(26-12-13)28-18-11-16(14-5-1-3-9-24-14)27-19(29-18)15-6-2-4-10-25-15/h1-12H,(H,26,27,28,29). The minimum absolute atomic E-state index is 0.218. The lowest BCUT2D eigenvalue weighted by molar-refractivity contribution is -0.137. The zero-order valence-electron chi connectivity index (χ0n) is 14.8. The maximum Gasteiger partial charge on any atom is 0.417 e. The van der Waals surface area contributed by atoms with Gasteiger partial charge in [-0.15, -0.1) is 0 Å². The lowest BCUT2D eigenvalue weighted by Gasteiger charge is -2.10. The highest BCUT2D eigenvalue weighted by molar-refractivity contribution is 5.66. The summed E-state index contributed by atoms with van der Waals surface area (Å²) in [6.07, 6.45) is -0.416. The second-order valence-electron chi connectivity index (χ2n) is 5.95. The fourth-order valence-corrected chi connectivity index (χ4v) is 2.53. The van der Waals surface area contributed by atoms with Gasteiger partial charge in [0.15, 0.2) is 5.82 Å². The molecular formula is C20H13F3N6. The first-order valence-electron chi connectivity index (χ1n) is 8.51. The van der Waals surface area contributed by atoms with Gasteiger partial charge in [-0.05, 0) is 36.4 Å². The smallest absolute Gasteiger partial charge is 0.325 e. The molecule has 0 unspecified atom stereocenters. The van der Waals surface area contributed by atoms with Crippen molar-refractivity contribution in [2.24, 2.45) is 0 Å². The van der Waals surface area contributed by atoms with Gasteiger partial charge < -0.3 is 5.32 Å². The third-order valence-corrected chi connectivity index (χ3v) is 3.89. The summed E-state index contributed by atoms with van der Waals surface area (Å²) in [6.45, 7) is 0. The van der Waals surface area contributed by atoms with Crippen molar-refractivity contribution in [3.8, 4) is 22.9 Å². The number of nitrogens with zero attached hydrogens (tertiary/aromatic N) is 5. The lowest BCUT2D eigenvalue weighted by atomic mass is 10.2. The fourth-order valence-electron chi connectivity index (χ4n) is 2.53. The molecule has 4 rings (SSSR count). The summed E-state index contributed by atoms with van der Waals surface area (Å²) in [5.74, 6) is 0.923. The Balaban J connectivity index is 1.72. The molecule has 0 fully saturated rings. The summed E-state index contributed by atoms with van der Waals surface area (Å²) in [5, 5.41) is 2.92. The van der Waals surface area contributed by atoms with E-state index in [0.29, 0.717) is 28.7 Å². The first-order chi connectivity index (χ1) is 14.0. The Morgan fingerprint density at radius 1 is 0.690 bits per heavy atom. The maximum atomic E-state index is 12.7. The maximum absolute atomic E-state index is 12.7. The summed E-state index contributed by atoms with van der Waals surface area (Å²) in [4.78, 5) is 21.3. The Morgan fingerprint density at radius 2 is 1.41 bits per heavy atom. The first kappa shape index (κ1) is 18.5. The van der Waals surface area contributed by atoms with Gasteiger partial charge in [0.2, 0.25) is 0 Å². The van der Waals surface area contributed by atoms with E-state index in [1.54, 1.807) is 42.7 Å². The molecule has 0 saturated carbocycles. The molecule has 4 aromatic rings. The summed E-state index contributed by atoms with van der Waals surface area (Å²) in [6, 6.07) is 14.6. The number of anilines is 2. The average Bonchev–Trinajstić information content (AvgIpc) is 2.74. The third kappa shape index (κ3) is 4.34. The van der Waals surface area contributed by atoms with Gasteiger partial charge in [-0.3, -0.25) is 9.97 Å². The summed E-state index contributed by atoms with van der Waals surface area (Å²) in [5.41, 5.74) is 0.883. The molecule has 6 nitrogen and oxygen atoms in total. The molecule has 0 aliphatic carbocycles. The number of nitrogens with one attached hydrogen (secondary N) is 1. The molecule has 0 aliphatic rings. The fraction of sp³-hybridized carbons (Fsp3) is 0.0500. The van der Waals surface area contributed by atoms with E-state index in [0.717, 1.165) is 12.3 Å². The molecule has 0 atom stereocenters. The number of aromatic nitrogens is 5. The normalized spacial score (nSPS) is 11.3. The highest BCUT2D eigenvalue weighted by Gasteiger charge is 2.30. The molecule has 0 aliphatic heterocycles. The zero-order chi connectivity index (χ0) is 20.3. The van der Waals surface area contributed by atoms with Crippen molar-refractivity contribution in [3.05, 3.63) is 78.8 Å². The molecule has 0 bridgehead atoms. The van der Waals surface area contributed by atoms with E-state index < -0.39 is 11.7 Å². The molecule has 0 amide bonds. The summed E-state index contributed by atoms with van der Waals surface area (Å²) in [7, 11) is 0. The van der Waals surface area contributed by atoms with Crippen molar-refractivity contribution < 1.29 is 13.2 Å². The Labute approximate surface area is 163 Å². The van der Waals surface area contributed by atoms with Crippen molar-refractivity contribution in [1.29, 1.82) is 0 Å². The second kappa shape index (κ2) is 7.63. The summed E-state index contributed by atoms with van der Waals surface area (Å²) < 4.78 is 38.2. The van der Waals surface area contributed by atoms with Gasteiger partial charge in [0.25, 0.3) is 0 Å². The van der Waals surface area contributed by atoms with Crippen molar-refractivity contribution in [2.45, 2.75) is 6.18 Å². The largest absolute Gasteiger partial charge is 0.417 e. The number of pyridine rings is 3. The Morgan fingerprint density at radius 3 is 2.00 bits per heavy atom. The van der Waals surface area contributed by atoms with Crippen LogP contribution in [-0.4, -0.2) is 24.9 Å². The van der Waals surface area contributed by atoms with Gasteiger partial charge in [0, 0.05) is 24.7 Å². The molecule has 0 spiro atoms. The van der Waals surface area contributed by atoms with Crippen molar-refractivity contribution >= 4 is 11.6 Å². The van der Waals surface area contributed by atoms with Crippen LogP contribution in [-0.2, 0) is 6.18 Å². The minimum Gasteiger partial charge on any atom is -0.325 e. The average molecular weight is 394 g/mol. The Hall–Kier alpha value is -3.88. The van der Waals surface area contributed by atoms with Crippen LogP contribution in [0.3, 0.4) is 0 Å². The van der Waals surface area contributed by atoms with Crippen LogP contribution in [0.25, 0.3) is 22.9 Å². The van der Waals surface area contributed by atoms with Gasteiger partial charge in [0.05, 0.1) is 17.0 Å². The molecule has 0 radical (unpaired) electrons. The number of hydrogen-bond donors (Lipinski definition) is 1. The molecule has 29 heavy (non-hydrogen) atoms. The van der Waals surface area contributed by atoms with Gasteiger partial charge in [-0.25, -0.2) is 15.0 Å². The van der Waals surface area contributed by atoms with E-state index >= 15 is 0 Å². The van der Waals surface area contributed by atoms with E-state index in [1.165, 1.54) is 6.07 Å². The van der Waals surface area contributed by atoms with Crippen molar-refractivity contribution in [2.75, 3.05) is 5.32 Å². The van der Waals surface area contributed by atoms with E-state index in [-0.39, 0.29) is 5.82 Å². The van der Waals surface area contributed by atoms with Gasteiger partial charge in [-0.2, -0.15) is 13.2 Å². The second-order valence-corrected chi connectivity index (χ2v) is 5.95. The van der Waals surface area contributed by atoms with Crippen molar-refractivity contribution in [1.82, 2.24) is 24.9 Å². The summed E-state index contributed by atoms with van der Waals surface area (Å²) >= 11 is 0. The molecule has 4 heterocycles. The highest BCUT2D eigenvalue weighted by Crippen LogP contribution is 2.29. The number of hydrogen-bond acceptors (Lipinski definition) is 6. The minimum atomic E-state index is -4.45. The van der Waals surface area contributed by atoms with Crippen LogP contribution in [0.5, 0.6) is 0 Å². The molecule has 4 aromatic heterocycles. The van der Waals surface area contributed by atoms with Crippen LogP contribution in [0.2, 0.25) is 0 Å². The van der Waals surface area contributed by atoms with E-state index in [9.17, 15) is 13.2 Å². The van der Waals surface area contributed by atoms with Crippen LogP contribution >= 0.6 is 0 Å². The third-order valence-electron chi connectivity index (χ3n) is 3.89. The Bertz CT molecular complexity index is 1040. The zero-order valence-corrected chi connectivity index (χ0v) is 14.8. The quantitative estimate of drug-likeness (QED) is 0.538. The van der Waals surface area contributed by atoms with Gasteiger partial charge in [-0.1, -0.05) is 12.1 Å². The number of alkyl halides is 3. The van der Waals surface area contributed by atoms with Crippen molar-refractivity contribution in [3.63, 3.8) is 0 Å². The molecular weight excluding hydrogens is 381 g/mol. The van der Waals surface area contributed by atoms with E-state index in [4.69, 9.17) is 0 Å². The number of rotatable bonds is 4. The van der Waals surface area contributed by atoms with Crippen LogP contribution < -0.4 is 5.32 Å². The van der Waals surface area contributed by atoms with Crippen LogP contribution in [0.4, 0.5) is 24.8 Å². The van der Waals surface area contributed by atoms with Gasteiger partial charge >= 0.3 is 6.18 Å². The molecule has 1 N–H and O–H groups in total. The van der Waals surface area contributed by atoms with Crippen LogP contribution in [0, 0.1) is 0 Å². The van der Waals surface area contributed by atoms with E-state index in [1.807, 2.05) is 12.1 Å². The monoisotopic (exact) mass is 394 g/mol. The highest BCUT2D eigenvalue weighted by atomic mass is 19.4. The first-order valence-corrected chi connectivity index (χ1v) is 8.51. The topological polar surface area (TPSA) is 76.5 Å². The van der Waals surface area contributed by atoms with E-state index in [2.05, 4.69) is 30.2 Å². The lowest BCUT2D eigenvalue weighted by Crippen LogP contribution is -2.06. The SMILES string of the molecule is FC(F)(F)c1ccc(Nc2cc(-c3ccccn3)nc(-c3ccccn3)n2)nc1. The number of halogens is 3. The predicted molar refractivity (Wildman–Crippen MR) is 101 cm³/mol. The predicted octanol–water partition coefficient (Wildman–Crippen LogP) is 4.76. The Kier molecular flexibility index (Phi) is 4.86. The molecule has 0 saturated heterocycles.